The predicted molar refractivity (Wildman–Crippen MR) is 128 cm³/mol. The first kappa shape index (κ1) is 22.2. The van der Waals surface area contributed by atoms with Crippen LogP contribution >= 0.6 is 0 Å². The monoisotopic (exact) mass is 452 g/mol. The molecule has 3 fully saturated rings. The van der Waals surface area contributed by atoms with E-state index in [4.69, 9.17) is 4.98 Å². The van der Waals surface area contributed by atoms with Crippen molar-refractivity contribution in [1.82, 2.24) is 29.6 Å². The third-order valence-electron chi connectivity index (χ3n) is 7.57. The second-order valence-electron chi connectivity index (χ2n) is 9.84. The van der Waals surface area contributed by atoms with Gasteiger partial charge < -0.3 is 19.7 Å². The van der Waals surface area contributed by atoms with Gasteiger partial charge in [-0.25, -0.2) is 9.78 Å². The molecule has 8 nitrogen and oxygen atoms in total. The molecule has 2 aliphatic heterocycles. The van der Waals surface area contributed by atoms with Crippen molar-refractivity contribution < 1.29 is 9.59 Å². The number of fused-ring (bicyclic) bond motifs is 1. The van der Waals surface area contributed by atoms with Gasteiger partial charge in [-0.2, -0.15) is 0 Å². The number of likely N-dealkylation sites (tertiary alicyclic amines) is 1. The maximum Gasteiger partial charge on any atom is 0.317 e. The summed E-state index contributed by atoms with van der Waals surface area (Å²) in [7, 11) is 2.04. The van der Waals surface area contributed by atoms with Gasteiger partial charge in [-0.1, -0.05) is 19.3 Å². The molecule has 2 aromatic rings. The Hall–Kier alpha value is -2.61. The number of nitrogens with zero attached hydrogens (tertiary/aromatic N) is 5. The third-order valence-corrected chi connectivity index (χ3v) is 7.57. The number of carbonyl (C=O) groups excluding carboxylic acids is 2. The van der Waals surface area contributed by atoms with Crippen LogP contribution in [0.5, 0.6) is 0 Å². The number of amides is 3. The summed E-state index contributed by atoms with van der Waals surface area (Å²) in [5, 5.41) is 3.24. The Kier molecular flexibility index (Phi) is 6.53. The van der Waals surface area contributed by atoms with Gasteiger partial charge in [0.1, 0.15) is 5.82 Å². The van der Waals surface area contributed by atoms with Crippen molar-refractivity contribution in [2.45, 2.75) is 57.5 Å². The van der Waals surface area contributed by atoms with E-state index in [1.54, 1.807) is 0 Å². The van der Waals surface area contributed by atoms with Gasteiger partial charge in [0.25, 0.3) is 5.91 Å². The van der Waals surface area contributed by atoms with Crippen LogP contribution < -0.4 is 5.32 Å². The lowest BCUT2D eigenvalue weighted by Crippen LogP contribution is -2.53. The molecule has 3 amide bonds. The molecule has 0 unspecified atom stereocenters. The predicted octanol–water partition coefficient (Wildman–Crippen LogP) is 2.97. The maximum atomic E-state index is 12.8. The minimum Gasteiger partial charge on any atom is -0.339 e. The van der Waals surface area contributed by atoms with E-state index in [0.29, 0.717) is 6.04 Å². The molecule has 1 aromatic heterocycles. The average molecular weight is 453 g/mol. The number of aromatic nitrogens is 2. The summed E-state index contributed by atoms with van der Waals surface area (Å²) in [4.78, 5) is 36.5. The van der Waals surface area contributed by atoms with Crippen molar-refractivity contribution in [3.63, 3.8) is 0 Å². The summed E-state index contributed by atoms with van der Waals surface area (Å²) in [6.45, 7) is 5.65. The van der Waals surface area contributed by atoms with Crippen molar-refractivity contribution in [3.8, 4) is 0 Å². The van der Waals surface area contributed by atoms with Crippen molar-refractivity contribution in [2.75, 3.05) is 39.3 Å². The van der Waals surface area contributed by atoms with E-state index in [1.165, 1.54) is 19.3 Å². The quantitative estimate of drug-likeness (QED) is 0.774. The van der Waals surface area contributed by atoms with Crippen molar-refractivity contribution >= 4 is 23.0 Å². The van der Waals surface area contributed by atoms with E-state index in [2.05, 4.69) is 14.8 Å². The molecule has 33 heavy (non-hydrogen) atoms. The van der Waals surface area contributed by atoms with Crippen LogP contribution in [0.2, 0.25) is 0 Å². The molecule has 3 aliphatic rings. The van der Waals surface area contributed by atoms with E-state index in [0.717, 1.165) is 93.9 Å². The van der Waals surface area contributed by atoms with E-state index in [1.807, 2.05) is 35.0 Å². The summed E-state index contributed by atoms with van der Waals surface area (Å²) < 4.78 is 2.13. The van der Waals surface area contributed by atoms with Gasteiger partial charge in [0, 0.05) is 57.9 Å². The van der Waals surface area contributed by atoms with Crippen molar-refractivity contribution in [2.24, 2.45) is 7.05 Å². The molecule has 1 saturated carbocycles. The first-order chi connectivity index (χ1) is 16.1. The molecule has 0 bridgehead atoms. The largest absolute Gasteiger partial charge is 0.339 e. The number of hydrogen-bond acceptors (Lipinski definition) is 4. The second-order valence-corrected chi connectivity index (χ2v) is 9.84. The molecule has 3 heterocycles. The van der Waals surface area contributed by atoms with E-state index < -0.39 is 0 Å². The first-order valence-corrected chi connectivity index (χ1v) is 12.6. The van der Waals surface area contributed by atoms with Crippen LogP contribution in [0.3, 0.4) is 0 Å². The average Bonchev–Trinajstić information content (AvgIpc) is 3.48. The highest BCUT2D eigenvalue weighted by Crippen LogP contribution is 2.21. The molecule has 0 radical (unpaired) electrons. The SMILES string of the molecule is Cn1c(CN2CCN(C(=O)NC3CCCCC3)CC2)nc2cc(C(=O)N3CCCC3)ccc21. The summed E-state index contributed by atoms with van der Waals surface area (Å²) >= 11 is 0. The summed E-state index contributed by atoms with van der Waals surface area (Å²) in [6.07, 6.45) is 8.17. The normalized spacial score (nSPS) is 20.5. The fourth-order valence-corrected chi connectivity index (χ4v) is 5.45. The van der Waals surface area contributed by atoms with Crippen LogP contribution in [0.4, 0.5) is 4.79 Å². The number of piperazine rings is 1. The van der Waals surface area contributed by atoms with E-state index in [-0.39, 0.29) is 11.9 Å². The molecular weight excluding hydrogens is 416 g/mol. The number of carbonyl (C=O) groups is 2. The number of urea groups is 1. The van der Waals surface area contributed by atoms with Crippen molar-refractivity contribution in [1.29, 1.82) is 0 Å². The van der Waals surface area contributed by atoms with Crippen LogP contribution in [-0.4, -0.2) is 81.5 Å². The molecule has 178 valence electrons. The summed E-state index contributed by atoms with van der Waals surface area (Å²) in [6, 6.07) is 6.33. The Morgan fingerprint density at radius 2 is 1.67 bits per heavy atom. The minimum atomic E-state index is 0.0967. The lowest BCUT2D eigenvalue weighted by atomic mass is 9.96. The van der Waals surface area contributed by atoms with Gasteiger partial charge in [-0.05, 0) is 43.9 Å². The minimum absolute atomic E-state index is 0.0967. The molecule has 0 atom stereocenters. The molecule has 1 N–H and O–H groups in total. The lowest BCUT2D eigenvalue weighted by molar-refractivity contribution is 0.0793. The maximum absolute atomic E-state index is 12.8. The fourth-order valence-electron chi connectivity index (χ4n) is 5.45. The van der Waals surface area contributed by atoms with Crippen molar-refractivity contribution in [3.05, 3.63) is 29.6 Å². The smallest absolute Gasteiger partial charge is 0.317 e. The molecule has 0 spiro atoms. The summed E-state index contributed by atoms with van der Waals surface area (Å²) in [5.41, 5.74) is 2.66. The summed E-state index contributed by atoms with van der Waals surface area (Å²) in [5.74, 6) is 1.11. The number of benzene rings is 1. The van der Waals surface area contributed by atoms with Gasteiger partial charge in [0.2, 0.25) is 0 Å². The zero-order valence-electron chi connectivity index (χ0n) is 19.8. The second kappa shape index (κ2) is 9.71. The highest BCUT2D eigenvalue weighted by Gasteiger charge is 2.25. The van der Waals surface area contributed by atoms with Crippen LogP contribution in [0, 0.1) is 0 Å². The number of rotatable bonds is 4. The number of nitrogens with one attached hydrogen (secondary N) is 1. The standard InChI is InChI=1S/C25H36N6O2/c1-28-22-10-9-19(24(32)30-11-5-6-12-30)17-21(22)27-23(28)18-29-13-15-31(16-14-29)25(33)26-20-7-3-2-4-8-20/h9-10,17,20H,2-8,11-16,18H2,1H3,(H,26,33). The lowest BCUT2D eigenvalue weighted by Gasteiger charge is -2.35. The molecule has 2 saturated heterocycles. The zero-order valence-corrected chi connectivity index (χ0v) is 19.8. The fraction of sp³-hybridized carbons (Fsp3) is 0.640. The number of aryl methyl sites for hydroxylation is 1. The highest BCUT2D eigenvalue weighted by molar-refractivity contribution is 5.97. The van der Waals surface area contributed by atoms with E-state index in [9.17, 15) is 9.59 Å². The highest BCUT2D eigenvalue weighted by atomic mass is 16.2. The molecule has 1 aliphatic carbocycles. The first-order valence-electron chi connectivity index (χ1n) is 12.6. The Morgan fingerprint density at radius 1 is 0.939 bits per heavy atom. The molecular formula is C25H36N6O2. The van der Waals surface area contributed by atoms with Gasteiger partial charge in [0.15, 0.2) is 0 Å². The van der Waals surface area contributed by atoms with Gasteiger partial charge in [-0.3, -0.25) is 9.69 Å². The van der Waals surface area contributed by atoms with Crippen LogP contribution in [0.1, 0.15) is 61.1 Å². The van der Waals surface area contributed by atoms with E-state index >= 15 is 0 Å². The molecule has 5 rings (SSSR count). The molecule has 8 heteroatoms. The van der Waals surface area contributed by atoms with Crippen LogP contribution in [0.15, 0.2) is 18.2 Å². The number of hydrogen-bond donors (Lipinski definition) is 1. The van der Waals surface area contributed by atoms with Gasteiger partial charge >= 0.3 is 6.03 Å². The van der Waals surface area contributed by atoms with Gasteiger partial charge in [0.05, 0.1) is 17.6 Å². The Balaban J connectivity index is 1.18. The topological polar surface area (TPSA) is 73.7 Å². The molecule has 1 aromatic carbocycles. The number of imidazole rings is 1. The van der Waals surface area contributed by atoms with Crippen LogP contribution in [-0.2, 0) is 13.6 Å². The Morgan fingerprint density at radius 3 is 2.39 bits per heavy atom. The third kappa shape index (κ3) is 4.86. The Bertz CT molecular complexity index is 998. The zero-order chi connectivity index (χ0) is 22.8. The van der Waals surface area contributed by atoms with Gasteiger partial charge in [-0.15, -0.1) is 0 Å². The Labute approximate surface area is 195 Å². The van der Waals surface area contributed by atoms with Crippen LogP contribution in [0.25, 0.3) is 11.0 Å².